The fraction of sp³-hybridized carbons (Fsp3) is 0.261. The molecule has 0 saturated carbocycles. The number of thiocarbonyl (C=S) groups is 1. The molecule has 0 radical (unpaired) electrons. The zero-order valence-electron chi connectivity index (χ0n) is 18.6. The molecule has 1 heterocycles. The van der Waals surface area contributed by atoms with Crippen molar-refractivity contribution < 1.29 is 27.5 Å². The van der Waals surface area contributed by atoms with Gasteiger partial charge in [-0.2, -0.15) is 13.2 Å². The van der Waals surface area contributed by atoms with Gasteiger partial charge in [-0.1, -0.05) is 24.3 Å². The topological polar surface area (TPSA) is 82.7 Å². The van der Waals surface area contributed by atoms with Crippen molar-refractivity contribution in [3.8, 4) is 0 Å². The highest BCUT2D eigenvalue weighted by Crippen LogP contribution is 2.35. The Kier molecular flexibility index (Phi) is 7.45. The Labute approximate surface area is 200 Å². The Morgan fingerprint density at radius 3 is 2.53 bits per heavy atom. The molecule has 1 aliphatic rings. The summed E-state index contributed by atoms with van der Waals surface area (Å²) in [6.07, 6.45) is -4.62. The van der Waals surface area contributed by atoms with Crippen molar-refractivity contribution in [1.29, 1.82) is 0 Å². The molecule has 34 heavy (non-hydrogen) atoms. The molecule has 1 unspecified atom stereocenters. The van der Waals surface area contributed by atoms with Crippen LogP contribution in [0.3, 0.4) is 0 Å². The number of amides is 2. The lowest BCUT2D eigenvalue weighted by Crippen LogP contribution is -2.46. The Bertz CT molecular complexity index is 1150. The van der Waals surface area contributed by atoms with E-state index in [0.29, 0.717) is 27.6 Å². The van der Waals surface area contributed by atoms with E-state index in [1.807, 2.05) is 0 Å². The number of esters is 1. The molecule has 0 aromatic heterocycles. The lowest BCUT2D eigenvalue weighted by atomic mass is 9.95. The van der Waals surface area contributed by atoms with Crippen LogP contribution in [0.1, 0.15) is 31.0 Å². The second kappa shape index (κ2) is 10.1. The highest BCUT2D eigenvalue weighted by atomic mass is 32.1. The average Bonchev–Trinajstić information content (AvgIpc) is 2.77. The third-order valence-corrected chi connectivity index (χ3v) is 5.60. The molecule has 180 valence electrons. The third-order valence-electron chi connectivity index (χ3n) is 5.21. The van der Waals surface area contributed by atoms with Crippen LogP contribution in [0.2, 0.25) is 0 Å². The highest BCUT2D eigenvalue weighted by molar-refractivity contribution is 7.80. The summed E-state index contributed by atoms with van der Waals surface area (Å²) in [6, 6.07) is 9.77. The molecule has 2 amide bonds. The van der Waals surface area contributed by atoms with Crippen molar-refractivity contribution in [2.45, 2.75) is 26.1 Å². The molecular weight excluding hydrogens is 469 g/mol. The second-order valence-electron chi connectivity index (χ2n) is 7.41. The number of alkyl halides is 3. The van der Waals surface area contributed by atoms with Gasteiger partial charge in [0.25, 0.3) is 0 Å². The van der Waals surface area contributed by atoms with E-state index in [2.05, 4.69) is 16.0 Å². The number of ether oxygens (including phenoxy) is 1. The number of carbonyl (C=O) groups excluding carboxylic acids is 2. The molecule has 1 aliphatic heterocycles. The maximum absolute atomic E-state index is 13.2. The van der Waals surface area contributed by atoms with Crippen LogP contribution < -0.4 is 16.0 Å². The van der Waals surface area contributed by atoms with E-state index in [0.717, 1.165) is 6.07 Å². The SMILES string of the molecule is CCOC(=O)C1=C(C)N(C)C(=S)NC1c1cccc(NC(=O)Nc2ccccc2C(F)(F)F)c1. The van der Waals surface area contributed by atoms with Gasteiger partial charge in [-0.25, -0.2) is 9.59 Å². The number of halogens is 3. The predicted molar refractivity (Wildman–Crippen MR) is 126 cm³/mol. The van der Waals surface area contributed by atoms with Crippen LogP contribution in [0.25, 0.3) is 0 Å². The molecule has 2 aromatic rings. The van der Waals surface area contributed by atoms with Crippen molar-refractivity contribution in [2.24, 2.45) is 0 Å². The van der Waals surface area contributed by atoms with Crippen LogP contribution in [-0.4, -0.2) is 35.7 Å². The molecule has 0 bridgehead atoms. The predicted octanol–water partition coefficient (Wildman–Crippen LogP) is 5.05. The molecule has 7 nitrogen and oxygen atoms in total. The van der Waals surface area contributed by atoms with Crippen molar-refractivity contribution in [3.05, 3.63) is 70.9 Å². The maximum atomic E-state index is 13.2. The van der Waals surface area contributed by atoms with Crippen molar-refractivity contribution in [3.63, 3.8) is 0 Å². The van der Waals surface area contributed by atoms with Crippen molar-refractivity contribution in [2.75, 3.05) is 24.3 Å². The van der Waals surface area contributed by atoms with Crippen molar-refractivity contribution >= 4 is 40.7 Å². The molecule has 0 fully saturated rings. The molecule has 2 aromatic carbocycles. The zero-order chi connectivity index (χ0) is 25.0. The molecule has 3 rings (SSSR count). The number of hydrogen-bond donors (Lipinski definition) is 3. The minimum Gasteiger partial charge on any atom is -0.463 e. The maximum Gasteiger partial charge on any atom is 0.418 e. The smallest absolute Gasteiger partial charge is 0.418 e. The summed E-state index contributed by atoms with van der Waals surface area (Å²) in [5.74, 6) is -0.508. The summed E-state index contributed by atoms with van der Waals surface area (Å²) in [5.41, 5.74) is 0.570. The number of nitrogens with one attached hydrogen (secondary N) is 3. The monoisotopic (exact) mass is 492 g/mol. The van der Waals surface area contributed by atoms with Crippen LogP contribution in [0.4, 0.5) is 29.3 Å². The van der Waals surface area contributed by atoms with Crippen LogP contribution in [0, 0.1) is 0 Å². The van der Waals surface area contributed by atoms with Gasteiger partial charge in [0.1, 0.15) is 0 Å². The number of anilines is 2. The third kappa shape index (κ3) is 5.48. The zero-order valence-corrected chi connectivity index (χ0v) is 19.4. The number of allylic oxidation sites excluding steroid dienone is 1. The number of nitrogens with zero attached hydrogens (tertiary/aromatic N) is 1. The van der Waals surface area contributed by atoms with Gasteiger partial charge in [-0.3, -0.25) is 0 Å². The average molecular weight is 493 g/mol. The first-order valence-electron chi connectivity index (χ1n) is 10.3. The fourth-order valence-corrected chi connectivity index (χ4v) is 3.73. The van der Waals surface area contributed by atoms with E-state index in [1.165, 1.54) is 18.2 Å². The quantitative estimate of drug-likeness (QED) is 0.401. The molecule has 3 N–H and O–H groups in total. The van der Waals surface area contributed by atoms with Gasteiger partial charge in [0.2, 0.25) is 0 Å². The summed E-state index contributed by atoms with van der Waals surface area (Å²) in [6.45, 7) is 3.64. The normalized spacial score (nSPS) is 16.1. The van der Waals surface area contributed by atoms with E-state index in [9.17, 15) is 22.8 Å². The molecule has 11 heteroatoms. The lowest BCUT2D eigenvalue weighted by molar-refractivity contribution is -0.139. The van der Waals surface area contributed by atoms with Crippen LogP contribution >= 0.6 is 12.2 Å². The molecule has 0 aliphatic carbocycles. The number of rotatable bonds is 5. The number of para-hydroxylation sites is 1. The van der Waals surface area contributed by atoms with Gasteiger partial charge >= 0.3 is 18.2 Å². The van der Waals surface area contributed by atoms with Crippen LogP contribution in [0.15, 0.2) is 59.8 Å². The minimum absolute atomic E-state index is 0.192. The van der Waals surface area contributed by atoms with Crippen LogP contribution in [0.5, 0.6) is 0 Å². The van der Waals surface area contributed by atoms with Gasteiger partial charge in [0, 0.05) is 18.4 Å². The molecule has 0 spiro atoms. The number of benzene rings is 2. The van der Waals surface area contributed by atoms with E-state index in [-0.39, 0.29) is 12.3 Å². The van der Waals surface area contributed by atoms with E-state index in [4.69, 9.17) is 17.0 Å². The van der Waals surface area contributed by atoms with Gasteiger partial charge in [0.05, 0.1) is 29.5 Å². The summed E-state index contributed by atoms with van der Waals surface area (Å²) >= 11 is 5.36. The Morgan fingerprint density at radius 1 is 1.15 bits per heavy atom. The number of urea groups is 1. The Balaban J connectivity index is 1.85. The van der Waals surface area contributed by atoms with Gasteiger partial charge < -0.3 is 25.6 Å². The Morgan fingerprint density at radius 2 is 1.85 bits per heavy atom. The second-order valence-corrected chi connectivity index (χ2v) is 7.80. The fourth-order valence-electron chi connectivity index (χ4n) is 3.48. The minimum atomic E-state index is -4.62. The summed E-state index contributed by atoms with van der Waals surface area (Å²) < 4.78 is 44.8. The lowest BCUT2D eigenvalue weighted by Gasteiger charge is -2.35. The van der Waals surface area contributed by atoms with E-state index in [1.54, 1.807) is 50.1 Å². The van der Waals surface area contributed by atoms with Crippen molar-refractivity contribution in [1.82, 2.24) is 10.2 Å². The summed E-state index contributed by atoms with van der Waals surface area (Å²) in [4.78, 5) is 26.8. The summed E-state index contributed by atoms with van der Waals surface area (Å²) in [7, 11) is 1.72. The first kappa shape index (κ1) is 25.0. The molecule has 1 atom stereocenters. The van der Waals surface area contributed by atoms with Crippen LogP contribution in [-0.2, 0) is 15.7 Å². The van der Waals surface area contributed by atoms with E-state index < -0.39 is 29.8 Å². The first-order valence-corrected chi connectivity index (χ1v) is 10.7. The molecular formula is C23H23F3N4O3S. The van der Waals surface area contributed by atoms with Gasteiger partial charge in [-0.15, -0.1) is 0 Å². The van der Waals surface area contributed by atoms with E-state index >= 15 is 0 Å². The van der Waals surface area contributed by atoms with Gasteiger partial charge in [-0.05, 0) is 55.9 Å². The number of carbonyl (C=O) groups is 2. The Hall–Kier alpha value is -3.60. The highest BCUT2D eigenvalue weighted by Gasteiger charge is 2.34. The molecule has 0 saturated heterocycles. The van der Waals surface area contributed by atoms with Gasteiger partial charge in [0.15, 0.2) is 5.11 Å². The first-order chi connectivity index (χ1) is 16.0. The standard InChI is InChI=1S/C23H23F3N4O3S/c1-4-33-20(31)18-13(2)30(3)22(34)29-19(18)14-8-7-9-15(12-14)27-21(32)28-17-11-6-5-10-16(17)23(24,25)26/h5-12,19H,4H2,1-3H3,(H,29,34)(H2,27,28,32). The largest absolute Gasteiger partial charge is 0.463 e. The number of hydrogen-bond acceptors (Lipinski definition) is 4. The summed E-state index contributed by atoms with van der Waals surface area (Å²) in [5, 5.41) is 8.25.